The lowest BCUT2D eigenvalue weighted by atomic mass is 10.1. The van der Waals surface area contributed by atoms with Crippen molar-refractivity contribution in [1.82, 2.24) is 0 Å². The quantitative estimate of drug-likeness (QED) is 0.701. The zero-order valence-corrected chi connectivity index (χ0v) is 9.48. The molecular weight excluding hydrogens is 231 g/mol. The van der Waals surface area contributed by atoms with Crippen LogP contribution in [0.1, 0.15) is 12.5 Å². The van der Waals surface area contributed by atoms with Crippen LogP contribution in [0, 0.1) is 0 Å². The summed E-state index contributed by atoms with van der Waals surface area (Å²) >= 11 is 3.59. The van der Waals surface area contributed by atoms with Gasteiger partial charge in [-0.3, -0.25) is 0 Å². The molecule has 0 spiro atoms. The van der Waals surface area contributed by atoms with E-state index in [1.54, 1.807) is 0 Å². The molecule has 0 aliphatic heterocycles. The lowest BCUT2D eigenvalue weighted by Gasteiger charge is -1.97. The van der Waals surface area contributed by atoms with Gasteiger partial charge in [0.2, 0.25) is 0 Å². The second-order valence-corrected chi connectivity index (χ2v) is 4.80. The van der Waals surface area contributed by atoms with Crippen LogP contribution in [0.5, 0.6) is 0 Å². The number of fused-ring (bicyclic) bond motifs is 1. The van der Waals surface area contributed by atoms with Crippen LogP contribution < -0.4 is 0 Å². The van der Waals surface area contributed by atoms with Crippen LogP contribution >= 0.6 is 24.1 Å². The molecule has 62 valence electrons. The third kappa shape index (κ3) is 1.22. The minimum absolute atomic E-state index is 0.871. The molecule has 0 amide bonds. The van der Waals surface area contributed by atoms with Gasteiger partial charge in [0.1, 0.15) is 0 Å². The Morgan fingerprint density at radius 3 is 3.00 bits per heavy atom. The van der Waals surface area contributed by atoms with E-state index in [9.17, 15) is 0 Å². The van der Waals surface area contributed by atoms with Crippen molar-refractivity contribution >= 4 is 34.6 Å². The Labute approximate surface area is 82.2 Å². The fourth-order valence-corrected chi connectivity index (χ4v) is 3.60. The van der Waals surface area contributed by atoms with Crippen LogP contribution in [0.2, 0.25) is 0 Å². The maximum Gasteiger partial charge on any atom is 0.0259 e. The lowest BCUT2D eigenvalue weighted by molar-refractivity contribution is 1.17. The van der Waals surface area contributed by atoms with Crippen molar-refractivity contribution in [2.75, 3.05) is 0 Å². The lowest BCUT2D eigenvalue weighted by Crippen LogP contribution is -1.75. The zero-order valence-electron chi connectivity index (χ0n) is 6.89. The highest BCUT2D eigenvalue weighted by atomic mass is 79.9. The molecule has 1 aromatic carbocycles. The first-order chi connectivity index (χ1) is 5.83. The van der Waals surface area contributed by atoms with Crippen molar-refractivity contribution in [3.8, 4) is 0 Å². The van der Waals surface area contributed by atoms with Crippen LogP contribution in [0.25, 0.3) is 10.5 Å². The number of hydrogen-bond donors (Lipinski definition) is 0. The average Bonchev–Trinajstić information content (AvgIpc) is 2.49. The van der Waals surface area contributed by atoms with Gasteiger partial charge in [-0.2, -0.15) is 0 Å². The molecular formula is C10H10BrP. The molecule has 0 saturated carbocycles. The van der Waals surface area contributed by atoms with Gasteiger partial charge in [0.15, 0.2) is 0 Å². The number of benzene rings is 1. The first kappa shape index (κ1) is 8.34. The Balaban J connectivity index is 2.83. The minimum atomic E-state index is 0.871. The Bertz CT molecular complexity index is 403. The van der Waals surface area contributed by atoms with Crippen molar-refractivity contribution in [3.05, 3.63) is 34.0 Å². The Kier molecular flexibility index (Phi) is 2.25. The van der Waals surface area contributed by atoms with Crippen molar-refractivity contribution in [1.29, 1.82) is 0 Å². The van der Waals surface area contributed by atoms with E-state index in [1.165, 1.54) is 20.5 Å². The molecule has 12 heavy (non-hydrogen) atoms. The van der Waals surface area contributed by atoms with Gasteiger partial charge in [-0.15, -0.1) is 8.19 Å². The number of halogens is 1. The van der Waals surface area contributed by atoms with Crippen LogP contribution in [-0.2, 0) is 6.42 Å². The molecule has 0 aliphatic carbocycles. The van der Waals surface area contributed by atoms with Crippen LogP contribution in [0.4, 0.5) is 0 Å². The van der Waals surface area contributed by atoms with Gasteiger partial charge < -0.3 is 0 Å². The van der Waals surface area contributed by atoms with E-state index >= 15 is 0 Å². The largest absolute Gasteiger partial charge is 0.131 e. The summed E-state index contributed by atoms with van der Waals surface area (Å²) in [7, 11) is 0.871. The predicted molar refractivity (Wildman–Crippen MR) is 60.5 cm³/mol. The van der Waals surface area contributed by atoms with E-state index in [2.05, 4.69) is 46.9 Å². The second-order valence-electron chi connectivity index (χ2n) is 2.83. The first-order valence-corrected chi connectivity index (χ1v) is 5.94. The summed E-state index contributed by atoms with van der Waals surface area (Å²) in [5.41, 5.74) is 1.50. The SMILES string of the molecule is CCc1c[pH]c2cccc(Br)c12. The minimum Gasteiger partial charge on any atom is -0.131 e. The topological polar surface area (TPSA) is 0 Å². The fourth-order valence-electron chi connectivity index (χ4n) is 1.49. The summed E-state index contributed by atoms with van der Waals surface area (Å²) in [6, 6.07) is 6.46. The molecule has 0 saturated heterocycles. The maximum atomic E-state index is 3.59. The molecule has 2 aromatic rings. The van der Waals surface area contributed by atoms with Gasteiger partial charge >= 0.3 is 0 Å². The van der Waals surface area contributed by atoms with Gasteiger partial charge in [0.25, 0.3) is 0 Å². The molecule has 2 rings (SSSR count). The predicted octanol–water partition coefficient (Wildman–Crippen LogP) is 4.20. The van der Waals surface area contributed by atoms with Crippen molar-refractivity contribution in [2.24, 2.45) is 0 Å². The van der Waals surface area contributed by atoms with Crippen LogP contribution in [0.3, 0.4) is 0 Å². The molecule has 0 bridgehead atoms. The molecule has 0 fully saturated rings. The highest BCUT2D eigenvalue weighted by Crippen LogP contribution is 2.34. The van der Waals surface area contributed by atoms with E-state index in [1.807, 2.05) is 0 Å². The van der Waals surface area contributed by atoms with Gasteiger partial charge in [-0.25, -0.2) is 0 Å². The summed E-state index contributed by atoms with van der Waals surface area (Å²) in [5, 5.41) is 2.93. The highest BCUT2D eigenvalue weighted by Gasteiger charge is 2.03. The van der Waals surface area contributed by atoms with E-state index < -0.39 is 0 Å². The summed E-state index contributed by atoms with van der Waals surface area (Å²) in [6.45, 7) is 2.21. The molecule has 0 radical (unpaired) electrons. The maximum absolute atomic E-state index is 3.59. The van der Waals surface area contributed by atoms with E-state index in [4.69, 9.17) is 0 Å². The molecule has 1 unspecified atom stereocenters. The standard InChI is InChI=1S/C10H10BrP/c1-2-7-6-12-9-5-3-4-8(11)10(7)9/h3-6,12H,2H2,1H3. The molecule has 2 heteroatoms. The van der Waals surface area contributed by atoms with E-state index in [0.717, 1.165) is 14.6 Å². The summed E-state index contributed by atoms with van der Waals surface area (Å²) in [4.78, 5) is 0. The first-order valence-electron chi connectivity index (χ1n) is 4.07. The van der Waals surface area contributed by atoms with E-state index in [-0.39, 0.29) is 0 Å². The van der Waals surface area contributed by atoms with Crippen molar-refractivity contribution < 1.29 is 0 Å². The van der Waals surface area contributed by atoms with Gasteiger partial charge in [-0.05, 0) is 29.0 Å². The monoisotopic (exact) mass is 240 g/mol. The van der Waals surface area contributed by atoms with Gasteiger partial charge in [0, 0.05) is 9.86 Å². The fraction of sp³-hybridized carbons (Fsp3) is 0.200. The molecule has 1 aromatic heterocycles. The van der Waals surface area contributed by atoms with Crippen LogP contribution in [-0.4, -0.2) is 0 Å². The van der Waals surface area contributed by atoms with Crippen molar-refractivity contribution in [2.45, 2.75) is 13.3 Å². The number of hydrogen-bond acceptors (Lipinski definition) is 0. The van der Waals surface area contributed by atoms with Crippen molar-refractivity contribution in [3.63, 3.8) is 0 Å². The third-order valence-electron chi connectivity index (χ3n) is 2.12. The number of rotatable bonds is 1. The zero-order chi connectivity index (χ0) is 8.55. The molecule has 0 aliphatic rings. The Morgan fingerprint density at radius 1 is 1.42 bits per heavy atom. The number of aryl methyl sites for hydroxylation is 1. The smallest absolute Gasteiger partial charge is 0.0259 e. The Morgan fingerprint density at radius 2 is 2.25 bits per heavy atom. The molecule has 0 nitrogen and oxygen atoms in total. The Hall–Kier alpha value is -0.260. The highest BCUT2D eigenvalue weighted by molar-refractivity contribution is 9.10. The normalized spacial score (nSPS) is 11.5. The third-order valence-corrected chi connectivity index (χ3v) is 4.00. The molecule has 1 heterocycles. The summed E-state index contributed by atoms with van der Waals surface area (Å²) < 4.78 is 1.25. The second kappa shape index (κ2) is 3.24. The summed E-state index contributed by atoms with van der Waals surface area (Å²) in [6.07, 6.45) is 1.14. The van der Waals surface area contributed by atoms with Crippen LogP contribution in [0.15, 0.2) is 28.5 Å². The molecule has 0 N–H and O–H groups in total. The average molecular weight is 241 g/mol. The summed E-state index contributed by atoms with van der Waals surface area (Å²) in [5.74, 6) is 2.36. The van der Waals surface area contributed by atoms with Gasteiger partial charge in [0.05, 0.1) is 0 Å². The van der Waals surface area contributed by atoms with E-state index in [0.29, 0.717) is 0 Å². The molecule has 1 atom stereocenters. The van der Waals surface area contributed by atoms with Gasteiger partial charge in [-0.1, -0.05) is 35.0 Å².